The fraction of sp³-hybridized carbons (Fsp3) is 0.353. The fourth-order valence-corrected chi connectivity index (χ4v) is 3.12. The molecule has 124 valence electrons. The number of hydrogen-bond acceptors (Lipinski definition) is 5. The number of likely N-dealkylation sites (tertiary alicyclic amines) is 1. The van der Waals surface area contributed by atoms with Gasteiger partial charge in [0.25, 0.3) is 0 Å². The number of aliphatic hydroxyl groups is 1. The SMILES string of the molecule is CC(O)c1cn(C2CN(Cc3ccc4ccc(Cl)cc4n3)C2)nn1. The highest BCUT2D eigenvalue weighted by Gasteiger charge is 2.29. The Morgan fingerprint density at radius 1 is 1.29 bits per heavy atom. The normalized spacial score (nSPS) is 17.1. The summed E-state index contributed by atoms with van der Waals surface area (Å²) in [4.78, 5) is 7.00. The average molecular weight is 344 g/mol. The van der Waals surface area contributed by atoms with Crippen molar-refractivity contribution in [1.29, 1.82) is 0 Å². The summed E-state index contributed by atoms with van der Waals surface area (Å²) < 4.78 is 1.84. The highest BCUT2D eigenvalue weighted by molar-refractivity contribution is 6.31. The summed E-state index contributed by atoms with van der Waals surface area (Å²) in [6.07, 6.45) is 1.24. The van der Waals surface area contributed by atoms with Gasteiger partial charge in [0.1, 0.15) is 5.69 Å². The van der Waals surface area contributed by atoms with Gasteiger partial charge in [-0.15, -0.1) is 5.10 Å². The molecule has 0 bridgehead atoms. The van der Waals surface area contributed by atoms with Crippen molar-refractivity contribution >= 4 is 22.5 Å². The van der Waals surface area contributed by atoms with Crippen LogP contribution >= 0.6 is 11.6 Å². The van der Waals surface area contributed by atoms with Gasteiger partial charge in [-0.25, -0.2) is 4.68 Å². The molecular formula is C17H18ClN5O. The smallest absolute Gasteiger partial charge is 0.111 e. The second kappa shape index (κ2) is 6.12. The molecule has 4 rings (SSSR count). The molecule has 1 atom stereocenters. The summed E-state index contributed by atoms with van der Waals surface area (Å²) in [5.74, 6) is 0. The Labute approximate surface area is 144 Å². The molecule has 7 heteroatoms. The van der Waals surface area contributed by atoms with Crippen LogP contribution in [0.1, 0.15) is 30.5 Å². The summed E-state index contributed by atoms with van der Waals surface area (Å²) in [5.41, 5.74) is 2.57. The average Bonchev–Trinajstić information content (AvgIpc) is 2.99. The van der Waals surface area contributed by atoms with Crippen molar-refractivity contribution < 1.29 is 5.11 Å². The first-order valence-corrected chi connectivity index (χ1v) is 8.33. The molecule has 0 amide bonds. The first-order chi connectivity index (χ1) is 11.6. The number of hydrogen-bond donors (Lipinski definition) is 1. The zero-order valence-electron chi connectivity index (χ0n) is 13.3. The van der Waals surface area contributed by atoms with Crippen LogP contribution < -0.4 is 0 Å². The molecule has 1 aliphatic heterocycles. The molecular weight excluding hydrogens is 326 g/mol. The second-order valence-electron chi connectivity index (χ2n) is 6.29. The van der Waals surface area contributed by atoms with E-state index in [1.165, 1.54) is 0 Å². The summed E-state index contributed by atoms with van der Waals surface area (Å²) >= 11 is 6.04. The second-order valence-corrected chi connectivity index (χ2v) is 6.72. The zero-order valence-corrected chi connectivity index (χ0v) is 14.1. The van der Waals surface area contributed by atoms with E-state index in [4.69, 9.17) is 11.6 Å². The number of fused-ring (bicyclic) bond motifs is 1. The van der Waals surface area contributed by atoms with Crippen molar-refractivity contribution in [2.75, 3.05) is 13.1 Å². The maximum atomic E-state index is 9.52. The van der Waals surface area contributed by atoms with E-state index in [-0.39, 0.29) is 0 Å². The summed E-state index contributed by atoms with van der Waals surface area (Å²) in [6, 6.07) is 10.2. The molecule has 3 heterocycles. The van der Waals surface area contributed by atoms with Crippen molar-refractivity contribution in [3.8, 4) is 0 Å². The van der Waals surface area contributed by atoms with Crippen molar-refractivity contribution in [2.24, 2.45) is 0 Å². The molecule has 3 aromatic rings. The molecule has 1 N–H and O–H groups in total. The number of halogens is 1. The number of rotatable bonds is 4. The van der Waals surface area contributed by atoms with Gasteiger partial charge in [-0.2, -0.15) is 0 Å². The van der Waals surface area contributed by atoms with E-state index >= 15 is 0 Å². The van der Waals surface area contributed by atoms with E-state index in [1.807, 2.05) is 29.1 Å². The van der Waals surface area contributed by atoms with Gasteiger partial charge in [-0.05, 0) is 25.1 Å². The number of aromatic nitrogens is 4. The van der Waals surface area contributed by atoms with E-state index in [9.17, 15) is 5.11 Å². The summed E-state index contributed by atoms with van der Waals surface area (Å²) in [5, 5.41) is 19.4. The Morgan fingerprint density at radius 2 is 2.08 bits per heavy atom. The monoisotopic (exact) mass is 343 g/mol. The number of aliphatic hydroxyl groups excluding tert-OH is 1. The lowest BCUT2D eigenvalue weighted by Gasteiger charge is -2.38. The lowest BCUT2D eigenvalue weighted by Crippen LogP contribution is -2.47. The van der Waals surface area contributed by atoms with Gasteiger partial charge in [-0.3, -0.25) is 9.88 Å². The molecule has 24 heavy (non-hydrogen) atoms. The first-order valence-electron chi connectivity index (χ1n) is 7.96. The minimum absolute atomic E-state index is 0.305. The van der Waals surface area contributed by atoms with E-state index in [2.05, 4.69) is 32.3 Å². The van der Waals surface area contributed by atoms with Gasteiger partial charge in [0, 0.05) is 30.0 Å². The van der Waals surface area contributed by atoms with Gasteiger partial charge in [0.05, 0.1) is 29.6 Å². The van der Waals surface area contributed by atoms with Crippen LogP contribution in [0, 0.1) is 0 Å². The Balaban J connectivity index is 1.40. The molecule has 1 unspecified atom stereocenters. The lowest BCUT2D eigenvalue weighted by atomic mass is 10.1. The van der Waals surface area contributed by atoms with Gasteiger partial charge in [0.15, 0.2) is 0 Å². The Kier molecular flexibility index (Phi) is 3.96. The zero-order chi connectivity index (χ0) is 16.7. The third-order valence-corrected chi connectivity index (χ3v) is 4.60. The van der Waals surface area contributed by atoms with Gasteiger partial charge in [-0.1, -0.05) is 28.9 Å². The first kappa shape index (κ1) is 15.5. The lowest BCUT2D eigenvalue weighted by molar-refractivity contribution is 0.0883. The van der Waals surface area contributed by atoms with Crippen molar-refractivity contribution in [1.82, 2.24) is 24.9 Å². The van der Waals surface area contributed by atoms with Crippen molar-refractivity contribution in [3.63, 3.8) is 0 Å². The van der Waals surface area contributed by atoms with Crippen LogP contribution in [0.3, 0.4) is 0 Å². The molecule has 2 aromatic heterocycles. The molecule has 1 aromatic carbocycles. The predicted molar refractivity (Wildman–Crippen MR) is 91.7 cm³/mol. The van der Waals surface area contributed by atoms with Gasteiger partial charge < -0.3 is 5.11 Å². The molecule has 1 fully saturated rings. The minimum atomic E-state index is -0.580. The summed E-state index contributed by atoms with van der Waals surface area (Å²) in [6.45, 7) is 4.30. The molecule has 0 aliphatic carbocycles. The maximum Gasteiger partial charge on any atom is 0.111 e. The maximum absolute atomic E-state index is 9.52. The predicted octanol–water partition coefficient (Wildman–Crippen LogP) is 2.59. The van der Waals surface area contributed by atoms with Crippen LogP contribution in [-0.2, 0) is 6.54 Å². The Morgan fingerprint density at radius 3 is 2.83 bits per heavy atom. The van der Waals surface area contributed by atoms with Crippen molar-refractivity contribution in [3.05, 3.63) is 52.9 Å². The Bertz CT molecular complexity index is 872. The molecule has 6 nitrogen and oxygen atoms in total. The Hall–Kier alpha value is -2.02. The van der Waals surface area contributed by atoms with Gasteiger partial charge in [0.2, 0.25) is 0 Å². The highest BCUT2D eigenvalue weighted by atomic mass is 35.5. The van der Waals surface area contributed by atoms with E-state index in [1.54, 1.807) is 6.92 Å². The van der Waals surface area contributed by atoms with E-state index in [0.717, 1.165) is 36.2 Å². The molecule has 1 saturated heterocycles. The van der Waals surface area contributed by atoms with Crippen LogP contribution in [0.25, 0.3) is 10.9 Å². The molecule has 0 saturated carbocycles. The topological polar surface area (TPSA) is 67.1 Å². The van der Waals surface area contributed by atoms with E-state index < -0.39 is 6.10 Å². The van der Waals surface area contributed by atoms with Crippen LogP contribution in [0.2, 0.25) is 5.02 Å². The molecule has 0 spiro atoms. The van der Waals surface area contributed by atoms with E-state index in [0.29, 0.717) is 16.8 Å². The highest BCUT2D eigenvalue weighted by Crippen LogP contribution is 2.24. The quantitative estimate of drug-likeness (QED) is 0.788. The fourth-order valence-electron chi connectivity index (χ4n) is 2.95. The van der Waals surface area contributed by atoms with Crippen LogP contribution in [0.5, 0.6) is 0 Å². The standard InChI is InChI=1S/C17H18ClN5O/c1-11(24)17-10-23(21-20-17)15-8-22(9-15)7-14-5-3-12-2-4-13(18)6-16(12)19-14/h2-6,10-11,15,24H,7-9H2,1H3. The third-order valence-electron chi connectivity index (χ3n) is 4.37. The van der Waals surface area contributed by atoms with Crippen molar-refractivity contribution in [2.45, 2.75) is 25.6 Å². The van der Waals surface area contributed by atoms with Crippen LogP contribution in [0.15, 0.2) is 36.5 Å². The molecule has 1 aliphatic rings. The van der Waals surface area contributed by atoms with Gasteiger partial charge >= 0.3 is 0 Å². The van der Waals surface area contributed by atoms with Crippen LogP contribution in [-0.4, -0.2) is 43.1 Å². The molecule has 0 radical (unpaired) electrons. The number of nitrogens with zero attached hydrogens (tertiary/aromatic N) is 5. The minimum Gasteiger partial charge on any atom is -0.387 e. The van der Waals surface area contributed by atoms with Crippen LogP contribution in [0.4, 0.5) is 0 Å². The number of pyridine rings is 1. The largest absolute Gasteiger partial charge is 0.387 e. The number of benzene rings is 1. The third kappa shape index (κ3) is 3.00. The summed E-state index contributed by atoms with van der Waals surface area (Å²) in [7, 11) is 0.